The molecule has 1 aromatic rings. The highest BCUT2D eigenvalue weighted by molar-refractivity contribution is 5.47. The third kappa shape index (κ3) is 3.47. The number of nitrogens with zero attached hydrogens (tertiary/aromatic N) is 1. The van der Waals surface area contributed by atoms with Crippen molar-refractivity contribution in [2.24, 2.45) is 0 Å². The molecule has 2 aliphatic rings. The van der Waals surface area contributed by atoms with E-state index in [2.05, 4.69) is 11.8 Å². The molecule has 0 amide bonds. The fourth-order valence-corrected chi connectivity index (χ4v) is 4.14. The van der Waals surface area contributed by atoms with Crippen LogP contribution in [0.4, 0.5) is 4.39 Å². The van der Waals surface area contributed by atoms with Gasteiger partial charge in [0.2, 0.25) is 0 Å². The predicted molar refractivity (Wildman–Crippen MR) is 89.8 cm³/mol. The Morgan fingerprint density at radius 3 is 2.70 bits per heavy atom. The topological polar surface area (TPSA) is 21.7 Å². The maximum atomic E-state index is 14.0. The molecule has 1 fully saturated rings. The third-order valence-corrected chi connectivity index (χ3v) is 5.24. The van der Waals surface area contributed by atoms with Crippen LogP contribution in [0.2, 0.25) is 0 Å². The van der Waals surface area contributed by atoms with E-state index in [0.29, 0.717) is 24.4 Å². The number of rotatable bonds is 5. The van der Waals surface area contributed by atoms with Gasteiger partial charge in [-0.2, -0.15) is 0 Å². The first kappa shape index (κ1) is 16.6. The lowest BCUT2D eigenvalue weighted by molar-refractivity contribution is 0.0599. The van der Waals surface area contributed by atoms with Crippen molar-refractivity contribution in [3.05, 3.63) is 23.5 Å². The monoisotopic (exact) mass is 321 g/mol. The van der Waals surface area contributed by atoms with Crippen LogP contribution < -0.4 is 9.47 Å². The maximum Gasteiger partial charge on any atom is 0.165 e. The van der Waals surface area contributed by atoms with E-state index in [0.717, 1.165) is 30.7 Å². The van der Waals surface area contributed by atoms with Gasteiger partial charge in [0.25, 0.3) is 0 Å². The Hall–Kier alpha value is -1.29. The summed E-state index contributed by atoms with van der Waals surface area (Å²) in [5.41, 5.74) is 0.890. The zero-order valence-corrected chi connectivity index (χ0v) is 14.3. The first-order valence-corrected chi connectivity index (χ1v) is 8.98. The summed E-state index contributed by atoms with van der Waals surface area (Å²) < 4.78 is 25.3. The van der Waals surface area contributed by atoms with Gasteiger partial charge in [-0.15, -0.1) is 0 Å². The second-order valence-corrected chi connectivity index (χ2v) is 6.76. The Kier molecular flexibility index (Phi) is 5.42. The number of methoxy groups -OCH3 is 1. The molecule has 0 N–H and O–H groups in total. The van der Waals surface area contributed by atoms with Crippen LogP contribution in [0.1, 0.15) is 51.0 Å². The molecule has 1 saturated carbocycles. The Balaban J connectivity index is 1.82. The van der Waals surface area contributed by atoms with Crippen molar-refractivity contribution in [3.63, 3.8) is 0 Å². The van der Waals surface area contributed by atoms with E-state index >= 15 is 0 Å². The lowest BCUT2D eigenvalue weighted by atomic mass is 9.91. The Morgan fingerprint density at radius 2 is 2.00 bits per heavy atom. The molecule has 0 radical (unpaired) electrons. The molecular formula is C19H28FNO2. The summed E-state index contributed by atoms with van der Waals surface area (Å²) in [7, 11) is 1.64. The fourth-order valence-electron chi connectivity index (χ4n) is 4.14. The van der Waals surface area contributed by atoms with Gasteiger partial charge >= 0.3 is 0 Å². The molecular weight excluding hydrogens is 293 g/mol. The van der Waals surface area contributed by atoms with Gasteiger partial charge in [0.05, 0.1) is 7.11 Å². The lowest BCUT2D eigenvalue weighted by Gasteiger charge is -2.41. The first-order chi connectivity index (χ1) is 11.2. The van der Waals surface area contributed by atoms with Gasteiger partial charge in [-0.25, -0.2) is 4.39 Å². The molecule has 0 spiro atoms. The normalized spacial score (nSPS) is 21.8. The number of fused-ring (bicyclic) bond motifs is 1. The van der Waals surface area contributed by atoms with Crippen LogP contribution in [0.5, 0.6) is 11.5 Å². The molecule has 1 aliphatic carbocycles. The van der Waals surface area contributed by atoms with Crippen molar-refractivity contribution in [2.45, 2.75) is 64.0 Å². The molecule has 23 heavy (non-hydrogen) atoms. The average Bonchev–Trinajstić information content (AvgIpc) is 2.60. The Bertz CT molecular complexity index is 528. The van der Waals surface area contributed by atoms with Gasteiger partial charge in [-0.3, -0.25) is 4.90 Å². The van der Waals surface area contributed by atoms with Gasteiger partial charge in [0.15, 0.2) is 11.6 Å². The Morgan fingerprint density at radius 1 is 1.22 bits per heavy atom. The minimum Gasteiger partial charge on any atom is -0.496 e. The molecule has 0 saturated heterocycles. The minimum absolute atomic E-state index is 0.279. The highest BCUT2D eigenvalue weighted by Gasteiger charge is 2.33. The van der Waals surface area contributed by atoms with Crippen molar-refractivity contribution in [1.82, 2.24) is 4.90 Å². The fraction of sp³-hybridized carbons (Fsp3) is 0.684. The molecule has 0 aromatic heterocycles. The van der Waals surface area contributed by atoms with Crippen LogP contribution in [-0.2, 0) is 6.42 Å². The zero-order valence-electron chi connectivity index (χ0n) is 14.3. The molecule has 3 rings (SSSR count). The zero-order chi connectivity index (χ0) is 16.2. The van der Waals surface area contributed by atoms with Crippen LogP contribution in [0.3, 0.4) is 0 Å². The summed E-state index contributed by atoms with van der Waals surface area (Å²) in [5.74, 6) is 0.853. The van der Waals surface area contributed by atoms with E-state index in [1.54, 1.807) is 13.2 Å². The largest absolute Gasteiger partial charge is 0.496 e. The van der Waals surface area contributed by atoms with E-state index in [1.165, 1.54) is 38.2 Å². The Labute approximate surface area is 138 Å². The summed E-state index contributed by atoms with van der Waals surface area (Å²) in [6, 6.07) is 4.12. The second kappa shape index (κ2) is 7.52. The molecule has 1 atom stereocenters. The van der Waals surface area contributed by atoms with Crippen molar-refractivity contribution in [1.29, 1.82) is 0 Å². The average molecular weight is 321 g/mol. The van der Waals surface area contributed by atoms with Gasteiger partial charge in [-0.1, -0.05) is 26.2 Å². The van der Waals surface area contributed by atoms with E-state index in [4.69, 9.17) is 9.47 Å². The molecule has 1 unspecified atom stereocenters. The number of ether oxygens (including phenoxy) is 2. The van der Waals surface area contributed by atoms with Crippen LogP contribution >= 0.6 is 0 Å². The molecule has 128 valence electrons. The van der Waals surface area contributed by atoms with E-state index in [1.807, 2.05) is 0 Å². The first-order valence-electron chi connectivity index (χ1n) is 8.98. The highest BCUT2D eigenvalue weighted by atomic mass is 19.1. The standard InChI is InChI=1S/C19H28FNO2/c1-3-11-21(14-7-5-4-6-8-14)15-12-16-18(22-2)10-9-17(20)19(16)23-13-15/h9-10,14-15H,3-8,11-13H2,1-2H3. The van der Waals surface area contributed by atoms with Crippen molar-refractivity contribution in [2.75, 3.05) is 20.3 Å². The minimum atomic E-state index is -0.279. The molecule has 4 heteroatoms. The number of hydrogen-bond donors (Lipinski definition) is 0. The van der Waals surface area contributed by atoms with Crippen molar-refractivity contribution >= 4 is 0 Å². The van der Waals surface area contributed by atoms with Crippen LogP contribution in [0.15, 0.2) is 12.1 Å². The quantitative estimate of drug-likeness (QED) is 0.812. The molecule has 1 aliphatic heterocycles. The summed E-state index contributed by atoms with van der Waals surface area (Å²) in [5, 5.41) is 0. The van der Waals surface area contributed by atoms with Gasteiger partial charge < -0.3 is 9.47 Å². The summed E-state index contributed by atoms with van der Waals surface area (Å²) in [6.45, 7) is 3.90. The number of halogens is 1. The number of benzene rings is 1. The summed E-state index contributed by atoms with van der Waals surface area (Å²) in [4.78, 5) is 2.62. The van der Waals surface area contributed by atoms with Crippen molar-refractivity contribution < 1.29 is 13.9 Å². The maximum absolute atomic E-state index is 14.0. The highest BCUT2D eigenvalue weighted by Crippen LogP contribution is 2.37. The van der Waals surface area contributed by atoms with Crippen LogP contribution in [0, 0.1) is 5.82 Å². The van der Waals surface area contributed by atoms with Crippen LogP contribution in [0.25, 0.3) is 0 Å². The van der Waals surface area contributed by atoms with Crippen LogP contribution in [-0.4, -0.2) is 37.2 Å². The van der Waals surface area contributed by atoms with Gasteiger partial charge in [-0.05, 0) is 44.4 Å². The number of hydrogen-bond acceptors (Lipinski definition) is 3. The van der Waals surface area contributed by atoms with E-state index in [9.17, 15) is 4.39 Å². The van der Waals surface area contributed by atoms with Gasteiger partial charge in [0, 0.05) is 17.6 Å². The molecule has 1 heterocycles. The molecule has 1 aromatic carbocycles. The molecule has 3 nitrogen and oxygen atoms in total. The smallest absolute Gasteiger partial charge is 0.165 e. The van der Waals surface area contributed by atoms with Crippen molar-refractivity contribution in [3.8, 4) is 11.5 Å². The summed E-state index contributed by atoms with van der Waals surface area (Å²) in [6.07, 6.45) is 8.53. The third-order valence-electron chi connectivity index (χ3n) is 5.24. The molecule has 0 bridgehead atoms. The van der Waals surface area contributed by atoms with E-state index < -0.39 is 0 Å². The van der Waals surface area contributed by atoms with Gasteiger partial charge in [0.1, 0.15) is 12.4 Å². The SMILES string of the molecule is CCCN(C1CCCCC1)C1COc2c(F)ccc(OC)c2C1. The predicted octanol–water partition coefficient (Wildman–Crippen LogP) is 4.18. The van der Waals surface area contributed by atoms with E-state index in [-0.39, 0.29) is 5.82 Å². The second-order valence-electron chi connectivity index (χ2n) is 6.76. The lowest BCUT2D eigenvalue weighted by Crippen LogP contribution is -2.49. The summed E-state index contributed by atoms with van der Waals surface area (Å²) >= 11 is 0.